The second-order valence-electron chi connectivity index (χ2n) is 12.2. The van der Waals surface area contributed by atoms with E-state index < -0.39 is 11.6 Å². The molecule has 0 bridgehead atoms. The van der Waals surface area contributed by atoms with Gasteiger partial charge in [0.05, 0.1) is 21.7 Å². The predicted molar refractivity (Wildman–Crippen MR) is 175 cm³/mol. The third kappa shape index (κ3) is 5.11. The first kappa shape index (κ1) is 30.1. The Bertz CT molecular complexity index is 1770. The first-order chi connectivity index (χ1) is 21.0. The van der Waals surface area contributed by atoms with Crippen molar-refractivity contribution < 1.29 is 19.1 Å². The van der Waals surface area contributed by atoms with Crippen LogP contribution in [0, 0.1) is 6.92 Å². The highest BCUT2D eigenvalue weighted by molar-refractivity contribution is 7.21. The monoisotopic (exact) mass is 613 g/mol. The standard InChI is InChI=1S/C34H39N5O4S/c1-18(2)42-25-9-5-6-10-26(25)43-21-11-12-22(19(3)16-21)34(37)23-13-14-24(35)30-27(23)28(29(36)32(34)40)31(44-30)33(41)38-20-8-7-15-39(4)17-20/h5-6,9-14,16,18,20,29H,7-8,15,17,35-37H2,1-4H3,(H,38,41). The Morgan fingerprint density at radius 1 is 1.11 bits per heavy atom. The minimum Gasteiger partial charge on any atom is -0.487 e. The van der Waals surface area contributed by atoms with Crippen LogP contribution in [0.3, 0.4) is 0 Å². The van der Waals surface area contributed by atoms with Crippen molar-refractivity contribution in [2.45, 2.75) is 57.3 Å². The zero-order valence-electron chi connectivity index (χ0n) is 25.5. The van der Waals surface area contributed by atoms with Gasteiger partial charge in [-0.1, -0.05) is 24.3 Å². The van der Waals surface area contributed by atoms with Gasteiger partial charge in [0, 0.05) is 29.2 Å². The predicted octanol–water partition coefficient (Wildman–Crippen LogP) is 4.98. The van der Waals surface area contributed by atoms with E-state index in [0.717, 1.165) is 31.5 Å². The molecule has 1 saturated heterocycles. The summed E-state index contributed by atoms with van der Waals surface area (Å²) in [7, 11) is 2.05. The van der Waals surface area contributed by atoms with E-state index in [9.17, 15) is 9.59 Å². The van der Waals surface area contributed by atoms with Crippen LogP contribution in [0.1, 0.15) is 64.7 Å². The number of hydrogen-bond acceptors (Lipinski definition) is 9. The summed E-state index contributed by atoms with van der Waals surface area (Å²) in [6, 6.07) is 15.4. The van der Waals surface area contributed by atoms with Crippen molar-refractivity contribution in [3.05, 3.63) is 81.7 Å². The van der Waals surface area contributed by atoms with Gasteiger partial charge in [-0.2, -0.15) is 0 Å². The number of rotatable bonds is 7. The number of nitrogens with one attached hydrogen (secondary N) is 1. The molecule has 10 heteroatoms. The number of hydrogen-bond donors (Lipinski definition) is 4. The Kier molecular flexibility index (Phi) is 7.87. The molecule has 0 saturated carbocycles. The van der Waals surface area contributed by atoms with Gasteiger partial charge in [-0.15, -0.1) is 11.3 Å². The number of ketones is 1. The summed E-state index contributed by atoms with van der Waals surface area (Å²) in [5, 5.41) is 3.86. The van der Waals surface area contributed by atoms with Crippen LogP contribution in [0.4, 0.5) is 5.69 Å². The molecule has 3 unspecified atom stereocenters. The van der Waals surface area contributed by atoms with Crippen molar-refractivity contribution >= 4 is 38.8 Å². The quantitative estimate of drug-likeness (QED) is 0.214. The number of carbonyl (C=O) groups excluding carboxylic acids is 2. The van der Waals surface area contributed by atoms with Gasteiger partial charge in [0.25, 0.3) is 5.91 Å². The lowest BCUT2D eigenvalue weighted by molar-refractivity contribution is -0.124. The van der Waals surface area contributed by atoms with Crippen LogP contribution >= 0.6 is 11.3 Å². The van der Waals surface area contributed by atoms with Gasteiger partial charge in [0.2, 0.25) is 0 Å². The van der Waals surface area contributed by atoms with Gasteiger partial charge < -0.3 is 36.9 Å². The first-order valence-electron chi connectivity index (χ1n) is 15.0. The fourth-order valence-corrected chi connectivity index (χ4v) is 7.72. The molecule has 1 fully saturated rings. The molecule has 7 N–H and O–H groups in total. The topological polar surface area (TPSA) is 146 Å². The number of nitrogen functional groups attached to an aromatic ring is 1. The molecule has 1 aromatic heterocycles. The molecule has 2 aliphatic rings. The molecule has 0 spiro atoms. The largest absolute Gasteiger partial charge is 0.487 e. The van der Waals surface area contributed by atoms with Crippen LogP contribution < -0.4 is 32.0 Å². The smallest absolute Gasteiger partial charge is 0.262 e. The molecule has 2 heterocycles. The fraction of sp³-hybridized carbons (Fsp3) is 0.353. The maximum Gasteiger partial charge on any atom is 0.262 e. The Morgan fingerprint density at radius 2 is 1.84 bits per heavy atom. The molecule has 9 nitrogen and oxygen atoms in total. The molecule has 1 amide bonds. The molecule has 6 rings (SSSR count). The molecule has 3 atom stereocenters. The summed E-state index contributed by atoms with van der Waals surface area (Å²) < 4.78 is 12.8. The zero-order valence-corrected chi connectivity index (χ0v) is 26.3. The van der Waals surface area contributed by atoms with E-state index in [1.807, 2.05) is 64.2 Å². The molecule has 4 aromatic rings. The van der Waals surface area contributed by atoms with Crippen LogP contribution in [-0.2, 0) is 10.3 Å². The van der Waals surface area contributed by atoms with Gasteiger partial charge in [-0.3, -0.25) is 9.59 Å². The number of piperidine rings is 1. The summed E-state index contributed by atoms with van der Waals surface area (Å²) in [5.74, 6) is 1.18. The van der Waals surface area contributed by atoms with E-state index in [-0.39, 0.29) is 23.8 Å². The Balaban J connectivity index is 1.39. The van der Waals surface area contributed by atoms with Crippen molar-refractivity contribution in [3.63, 3.8) is 0 Å². The Labute approximate surface area is 261 Å². The van der Waals surface area contributed by atoms with Crippen molar-refractivity contribution in [3.8, 4) is 17.2 Å². The number of likely N-dealkylation sites (N-methyl/N-ethyl adjacent to an activating group) is 1. The van der Waals surface area contributed by atoms with Crippen molar-refractivity contribution in [2.75, 3.05) is 25.9 Å². The molecular formula is C34H39N5O4S. The van der Waals surface area contributed by atoms with Gasteiger partial charge in [0.15, 0.2) is 17.3 Å². The lowest BCUT2D eigenvalue weighted by atomic mass is 9.69. The number of nitrogens with zero attached hydrogens (tertiary/aromatic N) is 1. The lowest BCUT2D eigenvalue weighted by Gasteiger charge is -2.37. The van der Waals surface area contributed by atoms with E-state index in [2.05, 4.69) is 10.2 Å². The molecule has 3 aromatic carbocycles. The Morgan fingerprint density at radius 3 is 2.55 bits per heavy atom. The first-order valence-corrected chi connectivity index (χ1v) is 15.8. The van der Waals surface area contributed by atoms with E-state index >= 15 is 0 Å². The number of aryl methyl sites for hydroxylation is 1. The number of para-hydroxylation sites is 2. The van der Waals surface area contributed by atoms with Crippen molar-refractivity contribution in [1.82, 2.24) is 10.2 Å². The summed E-state index contributed by atoms with van der Waals surface area (Å²) in [6.45, 7) is 7.58. The molecule has 230 valence electrons. The van der Waals surface area contributed by atoms with Crippen molar-refractivity contribution in [1.29, 1.82) is 0 Å². The van der Waals surface area contributed by atoms with Crippen LogP contribution in [-0.4, -0.2) is 48.9 Å². The summed E-state index contributed by atoms with van der Waals surface area (Å²) in [5.41, 5.74) is 21.7. The molecule has 44 heavy (non-hydrogen) atoms. The SMILES string of the molecule is Cc1cc(Oc2ccccc2OC(C)C)ccc1C1(N)C(=O)C(N)c2c(C(=O)NC3CCCN(C)C3)sc3c(N)ccc1c23. The molecule has 0 radical (unpaired) electrons. The van der Waals surface area contributed by atoms with Gasteiger partial charge >= 0.3 is 0 Å². The van der Waals surface area contributed by atoms with Crippen molar-refractivity contribution in [2.24, 2.45) is 11.5 Å². The number of amides is 1. The number of ether oxygens (including phenoxy) is 2. The minimum atomic E-state index is -1.56. The van der Waals surface area contributed by atoms with Crippen LogP contribution in [0.25, 0.3) is 10.1 Å². The van der Waals surface area contributed by atoms with Crippen LogP contribution in [0.5, 0.6) is 17.2 Å². The number of benzene rings is 3. The number of nitrogens with two attached hydrogens (primary N) is 3. The number of thiophene rings is 1. The number of carbonyl (C=O) groups is 2. The molecular weight excluding hydrogens is 574 g/mol. The zero-order chi connectivity index (χ0) is 31.3. The second kappa shape index (κ2) is 11.5. The van der Waals surface area contributed by atoms with E-state index in [4.69, 9.17) is 26.7 Å². The second-order valence-corrected chi connectivity index (χ2v) is 13.2. The fourth-order valence-electron chi connectivity index (χ4n) is 6.52. The summed E-state index contributed by atoms with van der Waals surface area (Å²) in [4.78, 5) is 30.5. The Hall–Kier alpha value is -3.96. The summed E-state index contributed by atoms with van der Waals surface area (Å²) in [6.07, 6.45) is 1.89. The summed E-state index contributed by atoms with van der Waals surface area (Å²) >= 11 is 1.27. The third-order valence-electron chi connectivity index (χ3n) is 8.54. The highest BCUT2D eigenvalue weighted by Gasteiger charge is 2.49. The average Bonchev–Trinajstić information content (AvgIpc) is 3.38. The third-order valence-corrected chi connectivity index (χ3v) is 9.79. The molecule has 1 aliphatic carbocycles. The number of likely N-dealkylation sites (tertiary alicyclic amines) is 1. The van der Waals surface area contributed by atoms with Crippen LogP contribution in [0.15, 0.2) is 54.6 Å². The maximum absolute atomic E-state index is 14.3. The highest BCUT2D eigenvalue weighted by Crippen LogP contribution is 2.50. The lowest BCUT2D eigenvalue weighted by Crippen LogP contribution is -2.53. The van der Waals surface area contributed by atoms with E-state index in [1.165, 1.54) is 11.3 Å². The average molecular weight is 614 g/mol. The highest BCUT2D eigenvalue weighted by atomic mass is 32.1. The minimum absolute atomic E-state index is 0.0122. The van der Waals surface area contributed by atoms with Gasteiger partial charge in [0.1, 0.15) is 11.3 Å². The van der Waals surface area contributed by atoms with Gasteiger partial charge in [-0.05, 0) is 94.2 Å². The van der Waals surface area contributed by atoms with Gasteiger partial charge in [-0.25, -0.2) is 0 Å². The van der Waals surface area contributed by atoms with E-state index in [1.54, 1.807) is 18.2 Å². The normalized spacial score (nSPS) is 21.9. The maximum atomic E-state index is 14.3. The molecule has 1 aliphatic heterocycles. The number of anilines is 1. The van der Waals surface area contributed by atoms with E-state index in [0.29, 0.717) is 54.6 Å². The van der Waals surface area contributed by atoms with Crippen LogP contribution in [0.2, 0.25) is 0 Å². The number of Topliss-reactive ketones (excluding diaryl/α,β-unsaturated/α-hetero) is 1.